The molecule has 2 rings (SSSR count). The molecule has 2 aromatic rings. The number of aromatic nitrogens is 2. The molecule has 0 saturated carbocycles. The van der Waals surface area contributed by atoms with E-state index >= 15 is 0 Å². The second-order valence-electron chi connectivity index (χ2n) is 3.39. The highest BCUT2D eigenvalue weighted by Crippen LogP contribution is 2.18. The van der Waals surface area contributed by atoms with E-state index in [1.807, 2.05) is 13.0 Å². The van der Waals surface area contributed by atoms with Crippen molar-refractivity contribution < 1.29 is 0 Å². The van der Waals surface area contributed by atoms with Crippen LogP contribution in [0.4, 0.5) is 0 Å². The first-order valence-corrected chi connectivity index (χ1v) is 4.82. The van der Waals surface area contributed by atoms with Gasteiger partial charge in [0.15, 0.2) is 0 Å². The monoisotopic (exact) mass is 197 g/mol. The fourth-order valence-corrected chi connectivity index (χ4v) is 1.41. The molecule has 74 valence electrons. The number of nitriles is 1. The summed E-state index contributed by atoms with van der Waals surface area (Å²) < 4.78 is 0. The van der Waals surface area contributed by atoms with Gasteiger partial charge in [-0.3, -0.25) is 0 Å². The van der Waals surface area contributed by atoms with Crippen molar-refractivity contribution in [2.75, 3.05) is 0 Å². The number of benzene rings is 1. The second kappa shape index (κ2) is 3.58. The van der Waals surface area contributed by atoms with Crippen LogP contribution in [0.1, 0.15) is 24.7 Å². The molecule has 0 amide bonds. The number of nitrogens with zero attached hydrogens (tertiary/aromatic N) is 2. The highest BCUT2D eigenvalue weighted by molar-refractivity contribution is 5.79. The summed E-state index contributed by atoms with van der Waals surface area (Å²) in [5, 5.41) is 8.76. The van der Waals surface area contributed by atoms with Crippen LogP contribution in [0.5, 0.6) is 0 Å². The standard InChI is InChI=1S/C12H11N3/c1-3-8(2)12-14-10-5-4-9(7-13)6-11(10)15-12/h4-6H,2-3H2,1H3,(H,14,15). The normalized spacial score (nSPS) is 10.1. The summed E-state index contributed by atoms with van der Waals surface area (Å²) in [6, 6.07) is 7.51. The maximum absolute atomic E-state index is 8.76. The predicted molar refractivity (Wildman–Crippen MR) is 60.1 cm³/mol. The Balaban J connectivity index is 2.57. The minimum atomic E-state index is 0.639. The van der Waals surface area contributed by atoms with Crippen LogP contribution in [-0.4, -0.2) is 9.97 Å². The average molecular weight is 197 g/mol. The molecule has 3 heteroatoms. The zero-order chi connectivity index (χ0) is 10.8. The average Bonchev–Trinajstić information content (AvgIpc) is 2.70. The lowest BCUT2D eigenvalue weighted by Crippen LogP contribution is -1.82. The smallest absolute Gasteiger partial charge is 0.133 e. The molecule has 0 radical (unpaired) electrons. The van der Waals surface area contributed by atoms with E-state index in [9.17, 15) is 0 Å². The fourth-order valence-electron chi connectivity index (χ4n) is 1.41. The third-order valence-corrected chi connectivity index (χ3v) is 2.37. The lowest BCUT2D eigenvalue weighted by Gasteiger charge is -1.93. The molecule has 1 aromatic carbocycles. The molecule has 0 aliphatic rings. The van der Waals surface area contributed by atoms with E-state index < -0.39 is 0 Å². The number of aromatic amines is 1. The highest BCUT2D eigenvalue weighted by Gasteiger charge is 2.04. The van der Waals surface area contributed by atoms with E-state index in [-0.39, 0.29) is 0 Å². The number of H-pyrrole nitrogens is 1. The predicted octanol–water partition coefficient (Wildman–Crippen LogP) is 2.86. The van der Waals surface area contributed by atoms with E-state index in [1.54, 1.807) is 12.1 Å². The van der Waals surface area contributed by atoms with Gasteiger partial charge in [-0.25, -0.2) is 4.98 Å². The van der Waals surface area contributed by atoms with Crippen molar-refractivity contribution >= 4 is 16.6 Å². The Morgan fingerprint density at radius 1 is 1.60 bits per heavy atom. The van der Waals surface area contributed by atoms with Crippen LogP contribution in [0.2, 0.25) is 0 Å². The number of fused-ring (bicyclic) bond motifs is 1. The molecule has 0 bridgehead atoms. The SMILES string of the molecule is C=C(CC)c1nc2ccc(C#N)cc2[nH]1. The number of allylic oxidation sites excluding steroid dienone is 1. The van der Waals surface area contributed by atoms with Crippen LogP contribution in [0.3, 0.4) is 0 Å². The molecule has 0 aliphatic carbocycles. The molecular formula is C12H11N3. The maximum atomic E-state index is 8.76. The first-order valence-electron chi connectivity index (χ1n) is 4.82. The van der Waals surface area contributed by atoms with E-state index in [0.717, 1.165) is 28.9 Å². The van der Waals surface area contributed by atoms with Gasteiger partial charge in [0.2, 0.25) is 0 Å². The summed E-state index contributed by atoms with van der Waals surface area (Å²) in [6.07, 6.45) is 0.866. The van der Waals surface area contributed by atoms with Crippen LogP contribution in [0.15, 0.2) is 24.8 Å². The van der Waals surface area contributed by atoms with Crippen molar-refractivity contribution in [1.29, 1.82) is 5.26 Å². The van der Waals surface area contributed by atoms with Crippen molar-refractivity contribution in [3.8, 4) is 6.07 Å². The number of rotatable bonds is 2. The minimum absolute atomic E-state index is 0.639. The highest BCUT2D eigenvalue weighted by atomic mass is 14.9. The van der Waals surface area contributed by atoms with Crippen LogP contribution < -0.4 is 0 Å². The van der Waals surface area contributed by atoms with Crippen LogP contribution in [0, 0.1) is 11.3 Å². The zero-order valence-electron chi connectivity index (χ0n) is 8.54. The van der Waals surface area contributed by atoms with Gasteiger partial charge < -0.3 is 4.98 Å². The van der Waals surface area contributed by atoms with Gasteiger partial charge in [-0.15, -0.1) is 0 Å². The Hall–Kier alpha value is -2.08. The number of hydrogen-bond acceptors (Lipinski definition) is 2. The fraction of sp³-hybridized carbons (Fsp3) is 0.167. The van der Waals surface area contributed by atoms with Gasteiger partial charge in [0.1, 0.15) is 5.82 Å². The van der Waals surface area contributed by atoms with Gasteiger partial charge in [-0.1, -0.05) is 13.5 Å². The zero-order valence-corrected chi connectivity index (χ0v) is 8.54. The third kappa shape index (κ3) is 1.62. The first-order chi connectivity index (χ1) is 7.24. The van der Waals surface area contributed by atoms with E-state index in [2.05, 4.69) is 22.6 Å². The minimum Gasteiger partial charge on any atom is -0.338 e. The summed E-state index contributed by atoms with van der Waals surface area (Å²) in [4.78, 5) is 7.55. The van der Waals surface area contributed by atoms with Crippen LogP contribution in [0.25, 0.3) is 16.6 Å². The van der Waals surface area contributed by atoms with Crippen molar-refractivity contribution in [2.45, 2.75) is 13.3 Å². The van der Waals surface area contributed by atoms with Gasteiger partial charge in [0.05, 0.1) is 22.7 Å². The summed E-state index contributed by atoms with van der Waals surface area (Å²) in [6.45, 7) is 5.96. The molecule has 3 nitrogen and oxygen atoms in total. The molecule has 0 fully saturated rings. The molecule has 0 unspecified atom stereocenters. The van der Waals surface area contributed by atoms with Gasteiger partial charge in [0, 0.05) is 0 Å². The van der Waals surface area contributed by atoms with Crippen molar-refractivity contribution in [1.82, 2.24) is 9.97 Å². The Kier molecular flexibility index (Phi) is 2.26. The Morgan fingerprint density at radius 3 is 3.07 bits per heavy atom. The van der Waals surface area contributed by atoms with Crippen LogP contribution in [-0.2, 0) is 0 Å². The first kappa shape index (κ1) is 9.47. The molecule has 1 N–H and O–H groups in total. The molecule has 0 aliphatic heterocycles. The van der Waals surface area contributed by atoms with Crippen molar-refractivity contribution in [3.63, 3.8) is 0 Å². The molecule has 0 spiro atoms. The number of nitrogens with one attached hydrogen (secondary N) is 1. The quantitative estimate of drug-likeness (QED) is 0.804. The summed E-state index contributed by atoms with van der Waals surface area (Å²) in [7, 11) is 0. The maximum Gasteiger partial charge on any atom is 0.133 e. The summed E-state index contributed by atoms with van der Waals surface area (Å²) >= 11 is 0. The molecule has 0 saturated heterocycles. The summed E-state index contributed by atoms with van der Waals surface area (Å²) in [5.41, 5.74) is 3.38. The molecule has 15 heavy (non-hydrogen) atoms. The van der Waals surface area contributed by atoms with Gasteiger partial charge in [-0.2, -0.15) is 5.26 Å². The lowest BCUT2D eigenvalue weighted by atomic mass is 10.2. The topological polar surface area (TPSA) is 52.5 Å². The van der Waals surface area contributed by atoms with Gasteiger partial charge >= 0.3 is 0 Å². The van der Waals surface area contributed by atoms with Crippen molar-refractivity contribution in [3.05, 3.63) is 36.2 Å². The van der Waals surface area contributed by atoms with Gasteiger partial charge in [0.25, 0.3) is 0 Å². The largest absolute Gasteiger partial charge is 0.338 e. The Morgan fingerprint density at radius 2 is 2.40 bits per heavy atom. The molecule has 0 atom stereocenters. The Bertz CT molecular complexity index is 558. The Labute approximate surface area is 88.1 Å². The number of imidazole rings is 1. The van der Waals surface area contributed by atoms with E-state index in [0.29, 0.717) is 5.56 Å². The molecular weight excluding hydrogens is 186 g/mol. The van der Waals surface area contributed by atoms with E-state index in [4.69, 9.17) is 5.26 Å². The van der Waals surface area contributed by atoms with Gasteiger partial charge in [-0.05, 0) is 30.2 Å². The van der Waals surface area contributed by atoms with E-state index in [1.165, 1.54) is 0 Å². The molecule has 1 heterocycles. The van der Waals surface area contributed by atoms with Crippen LogP contribution >= 0.6 is 0 Å². The molecule has 1 aromatic heterocycles. The second-order valence-corrected chi connectivity index (χ2v) is 3.39. The van der Waals surface area contributed by atoms with Crippen molar-refractivity contribution in [2.24, 2.45) is 0 Å². The number of hydrogen-bond donors (Lipinski definition) is 1. The lowest BCUT2D eigenvalue weighted by molar-refractivity contribution is 1.16. The summed E-state index contributed by atoms with van der Waals surface area (Å²) in [5.74, 6) is 0.808. The third-order valence-electron chi connectivity index (χ3n) is 2.37.